The molecule has 0 radical (unpaired) electrons. The Balaban J connectivity index is 3.14. The molecule has 0 heterocycles. The third-order valence-electron chi connectivity index (χ3n) is 1.89. The smallest absolute Gasteiger partial charge is 0.182 e. The summed E-state index contributed by atoms with van der Waals surface area (Å²) < 4.78 is 13.0. The monoisotopic (exact) mass is 195 g/mol. The van der Waals surface area contributed by atoms with Gasteiger partial charge in [0.15, 0.2) is 5.78 Å². The molecule has 0 saturated heterocycles. The Morgan fingerprint density at radius 3 is 2.36 bits per heavy atom. The quantitative estimate of drug-likeness (QED) is 0.734. The summed E-state index contributed by atoms with van der Waals surface area (Å²) >= 11 is 0. The molecule has 76 valence electrons. The predicted molar refractivity (Wildman–Crippen MR) is 53.7 cm³/mol. The van der Waals surface area contributed by atoms with Crippen molar-refractivity contribution in [3.63, 3.8) is 0 Å². The maximum absolute atomic E-state index is 13.0. The summed E-state index contributed by atoms with van der Waals surface area (Å²) in [5.41, 5.74) is 5.73. The Bertz CT molecular complexity index is 346. The maximum Gasteiger partial charge on any atom is 0.182 e. The number of benzene rings is 1. The zero-order chi connectivity index (χ0) is 10.9. The minimum Gasteiger partial charge on any atom is -0.319 e. The lowest BCUT2D eigenvalue weighted by atomic mass is 9.93. The molecule has 0 aliphatic rings. The summed E-state index contributed by atoms with van der Waals surface area (Å²) in [4.78, 5) is 11.7. The van der Waals surface area contributed by atoms with Crippen LogP contribution in [-0.4, -0.2) is 11.3 Å². The highest BCUT2D eigenvalue weighted by Gasteiger charge is 2.23. The summed E-state index contributed by atoms with van der Waals surface area (Å²) in [6, 6.07) is 4.23. The van der Waals surface area contributed by atoms with E-state index in [1.54, 1.807) is 26.8 Å². The summed E-state index contributed by atoms with van der Waals surface area (Å²) in [6.07, 6.45) is 0. The van der Waals surface area contributed by atoms with Gasteiger partial charge in [-0.3, -0.25) is 4.79 Å². The molecule has 0 fully saturated rings. The largest absolute Gasteiger partial charge is 0.319 e. The fourth-order valence-electron chi connectivity index (χ4n) is 1.24. The summed E-state index contributed by atoms with van der Waals surface area (Å²) in [7, 11) is 0. The topological polar surface area (TPSA) is 43.1 Å². The average molecular weight is 195 g/mol. The van der Waals surface area contributed by atoms with Crippen LogP contribution in [0.3, 0.4) is 0 Å². The van der Waals surface area contributed by atoms with Gasteiger partial charge in [0, 0.05) is 5.56 Å². The first-order chi connectivity index (χ1) is 6.30. The second-order valence-corrected chi connectivity index (χ2v) is 4.07. The molecular formula is C11H14FNO. The zero-order valence-electron chi connectivity index (χ0n) is 8.60. The van der Waals surface area contributed by atoms with E-state index >= 15 is 0 Å². The van der Waals surface area contributed by atoms with Crippen molar-refractivity contribution in [1.82, 2.24) is 0 Å². The molecular weight excluding hydrogens is 181 g/mol. The number of hydrogen-bond acceptors (Lipinski definition) is 2. The average Bonchev–Trinajstić information content (AvgIpc) is 1.99. The van der Waals surface area contributed by atoms with E-state index in [9.17, 15) is 9.18 Å². The van der Waals surface area contributed by atoms with Gasteiger partial charge in [0.2, 0.25) is 0 Å². The Labute approximate surface area is 82.9 Å². The van der Waals surface area contributed by atoms with Crippen molar-refractivity contribution in [2.24, 2.45) is 5.73 Å². The van der Waals surface area contributed by atoms with E-state index in [0.717, 1.165) is 5.56 Å². The van der Waals surface area contributed by atoms with Crippen LogP contribution < -0.4 is 5.73 Å². The molecule has 0 aliphatic carbocycles. The van der Waals surface area contributed by atoms with Gasteiger partial charge in [-0.2, -0.15) is 0 Å². The van der Waals surface area contributed by atoms with Crippen LogP contribution in [0.5, 0.6) is 0 Å². The second kappa shape index (κ2) is 3.50. The summed E-state index contributed by atoms with van der Waals surface area (Å²) in [5, 5.41) is 0. The number of ketones is 1. The highest BCUT2D eigenvalue weighted by molar-refractivity contribution is 6.02. The molecule has 0 spiro atoms. The van der Waals surface area contributed by atoms with Crippen LogP contribution in [0.15, 0.2) is 18.2 Å². The van der Waals surface area contributed by atoms with Crippen LogP contribution >= 0.6 is 0 Å². The van der Waals surface area contributed by atoms with Crippen molar-refractivity contribution in [1.29, 1.82) is 0 Å². The van der Waals surface area contributed by atoms with Gasteiger partial charge in [-0.1, -0.05) is 0 Å². The molecule has 3 heteroatoms. The van der Waals surface area contributed by atoms with Crippen LogP contribution in [0.25, 0.3) is 0 Å². The number of halogens is 1. The number of Topliss-reactive ketones (excluding diaryl/α,β-unsaturated/α-hetero) is 1. The van der Waals surface area contributed by atoms with Gasteiger partial charge in [0.1, 0.15) is 5.82 Å². The van der Waals surface area contributed by atoms with E-state index in [4.69, 9.17) is 5.73 Å². The van der Waals surface area contributed by atoms with E-state index in [0.29, 0.717) is 5.56 Å². The Morgan fingerprint density at radius 2 is 1.93 bits per heavy atom. The Morgan fingerprint density at radius 1 is 1.36 bits per heavy atom. The van der Waals surface area contributed by atoms with Crippen LogP contribution in [0.2, 0.25) is 0 Å². The van der Waals surface area contributed by atoms with Crippen molar-refractivity contribution >= 4 is 5.78 Å². The molecule has 1 aromatic rings. The first-order valence-corrected chi connectivity index (χ1v) is 4.41. The fourth-order valence-corrected chi connectivity index (χ4v) is 1.24. The number of aryl methyl sites for hydroxylation is 1. The van der Waals surface area contributed by atoms with Gasteiger partial charge in [0.25, 0.3) is 0 Å². The molecule has 2 N–H and O–H groups in total. The van der Waals surface area contributed by atoms with Crippen molar-refractivity contribution in [2.75, 3.05) is 0 Å². The predicted octanol–water partition coefficient (Wildman–Crippen LogP) is 2.05. The third-order valence-corrected chi connectivity index (χ3v) is 1.89. The number of rotatable bonds is 2. The fraction of sp³-hybridized carbons (Fsp3) is 0.364. The molecule has 2 nitrogen and oxygen atoms in total. The SMILES string of the molecule is Cc1cc(F)cc(C(=O)C(C)(C)N)c1. The third kappa shape index (κ3) is 2.39. The molecule has 0 saturated carbocycles. The van der Waals surface area contributed by atoms with Crippen LogP contribution in [0, 0.1) is 12.7 Å². The molecule has 1 aromatic carbocycles. The van der Waals surface area contributed by atoms with Crippen molar-refractivity contribution in [3.8, 4) is 0 Å². The number of carbonyl (C=O) groups is 1. The van der Waals surface area contributed by atoms with Crippen LogP contribution in [0.4, 0.5) is 4.39 Å². The minimum absolute atomic E-state index is 0.250. The standard InChI is InChI=1S/C11H14FNO/c1-7-4-8(6-9(12)5-7)10(14)11(2,3)13/h4-6H,13H2,1-3H3. The van der Waals surface area contributed by atoms with E-state index in [-0.39, 0.29) is 5.78 Å². The lowest BCUT2D eigenvalue weighted by Gasteiger charge is -2.16. The molecule has 1 rings (SSSR count). The zero-order valence-corrected chi connectivity index (χ0v) is 8.60. The van der Waals surface area contributed by atoms with Gasteiger partial charge >= 0.3 is 0 Å². The molecule has 0 aromatic heterocycles. The molecule has 14 heavy (non-hydrogen) atoms. The van der Waals surface area contributed by atoms with E-state index in [2.05, 4.69) is 0 Å². The van der Waals surface area contributed by atoms with Crippen molar-refractivity contribution < 1.29 is 9.18 Å². The number of carbonyl (C=O) groups excluding carboxylic acids is 1. The first-order valence-electron chi connectivity index (χ1n) is 4.41. The van der Waals surface area contributed by atoms with Crippen molar-refractivity contribution in [2.45, 2.75) is 26.3 Å². The summed E-state index contributed by atoms with van der Waals surface area (Å²) in [5.74, 6) is -0.655. The van der Waals surface area contributed by atoms with Gasteiger partial charge in [-0.05, 0) is 44.5 Å². The van der Waals surface area contributed by atoms with Gasteiger partial charge in [-0.15, -0.1) is 0 Å². The van der Waals surface area contributed by atoms with E-state index in [1.807, 2.05) is 0 Å². The summed E-state index contributed by atoms with van der Waals surface area (Å²) in [6.45, 7) is 4.95. The number of nitrogens with two attached hydrogens (primary N) is 1. The Kier molecular flexibility index (Phi) is 2.71. The van der Waals surface area contributed by atoms with E-state index in [1.165, 1.54) is 12.1 Å². The molecule has 0 unspecified atom stereocenters. The minimum atomic E-state index is -0.958. The lowest BCUT2D eigenvalue weighted by Crippen LogP contribution is -2.41. The highest BCUT2D eigenvalue weighted by atomic mass is 19.1. The lowest BCUT2D eigenvalue weighted by molar-refractivity contribution is 0.0913. The van der Waals surface area contributed by atoms with E-state index < -0.39 is 11.4 Å². The Hall–Kier alpha value is -1.22. The number of hydrogen-bond donors (Lipinski definition) is 1. The highest BCUT2D eigenvalue weighted by Crippen LogP contribution is 2.14. The van der Waals surface area contributed by atoms with Gasteiger partial charge in [-0.25, -0.2) is 4.39 Å². The second-order valence-electron chi connectivity index (χ2n) is 4.07. The normalized spacial score (nSPS) is 11.5. The van der Waals surface area contributed by atoms with Gasteiger partial charge < -0.3 is 5.73 Å². The molecule has 0 bridgehead atoms. The van der Waals surface area contributed by atoms with Gasteiger partial charge in [0.05, 0.1) is 5.54 Å². The van der Waals surface area contributed by atoms with Crippen molar-refractivity contribution in [3.05, 3.63) is 35.1 Å². The maximum atomic E-state index is 13.0. The first kappa shape index (κ1) is 10.9. The molecule has 0 atom stereocenters. The molecule has 0 aliphatic heterocycles. The molecule has 0 amide bonds. The van der Waals surface area contributed by atoms with Crippen LogP contribution in [0.1, 0.15) is 29.8 Å². The van der Waals surface area contributed by atoms with Crippen LogP contribution in [-0.2, 0) is 0 Å².